The molecule has 41 heavy (non-hydrogen) atoms. The molecule has 3 fully saturated rings. The third-order valence-electron chi connectivity index (χ3n) is 6.74. The SMILES string of the molecule is CC(=O)NC1C(OC2C(C(=O)O)OC(OCCO)C(O)C2O)OC(C)C(O)C1OC1OC(C(=O)O)C(O)C(O)C1O. The third kappa shape index (κ3) is 7.28. The lowest BCUT2D eigenvalue weighted by atomic mass is 9.94. The fourth-order valence-electron chi connectivity index (χ4n) is 4.65. The van der Waals surface area contributed by atoms with Gasteiger partial charge in [-0.3, -0.25) is 4.79 Å². The van der Waals surface area contributed by atoms with E-state index in [0.29, 0.717) is 0 Å². The van der Waals surface area contributed by atoms with E-state index < -0.39 is 117 Å². The van der Waals surface area contributed by atoms with Gasteiger partial charge in [-0.1, -0.05) is 0 Å². The molecule has 15 unspecified atom stereocenters. The van der Waals surface area contributed by atoms with Crippen molar-refractivity contribution < 1.29 is 88.8 Å². The summed E-state index contributed by atoms with van der Waals surface area (Å²) in [7, 11) is 0. The largest absolute Gasteiger partial charge is 0.479 e. The van der Waals surface area contributed by atoms with Gasteiger partial charge in [0.1, 0.15) is 54.9 Å². The van der Waals surface area contributed by atoms with E-state index in [1.807, 2.05) is 0 Å². The van der Waals surface area contributed by atoms with E-state index in [4.69, 9.17) is 33.5 Å². The first-order chi connectivity index (χ1) is 19.2. The van der Waals surface area contributed by atoms with E-state index in [1.165, 1.54) is 6.92 Å². The smallest absolute Gasteiger partial charge is 0.335 e. The van der Waals surface area contributed by atoms with Crippen molar-refractivity contribution in [1.29, 1.82) is 0 Å². The van der Waals surface area contributed by atoms with Crippen LogP contribution in [-0.4, -0.2) is 169 Å². The van der Waals surface area contributed by atoms with E-state index in [2.05, 4.69) is 5.32 Å². The molecule has 19 heteroatoms. The quantitative estimate of drug-likeness (QED) is 0.111. The number of ether oxygens (including phenoxy) is 6. The number of hydrogen-bond donors (Lipinski definition) is 10. The van der Waals surface area contributed by atoms with Crippen LogP contribution in [0.4, 0.5) is 0 Å². The van der Waals surface area contributed by atoms with Crippen molar-refractivity contribution in [3.8, 4) is 0 Å². The summed E-state index contributed by atoms with van der Waals surface area (Å²) < 4.78 is 32.2. The van der Waals surface area contributed by atoms with Crippen LogP contribution in [0.3, 0.4) is 0 Å². The van der Waals surface area contributed by atoms with Gasteiger partial charge < -0.3 is 79.7 Å². The van der Waals surface area contributed by atoms with Gasteiger partial charge in [-0.15, -0.1) is 0 Å². The molecule has 15 atom stereocenters. The maximum Gasteiger partial charge on any atom is 0.335 e. The first kappa shape index (κ1) is 33.4. The Hall–Kier alpha value is -2.11. The van der Waals surface area contributed by atoms with Crippen LogP contribution in [-0.2, 0) is 42.8 Å². The zero-order chi connectivity index (χ0) is 30.8. The summed E-state index contributed by atoms with van der Waals surface area (Å²) in [6, 6.07) is -1.57. The van der Waals surface area contributed by atoms with Gasteiger partial charge in [0.2, 0.25) is 5.91 Å². The van der Waals surface area contributed by atoms with E-state index in [1.54, 1.807) is 0 Å². The number of aliphatic hydroxyl groups is 7. The van der Waals surface area contributed by atoms with Crippen LogP contribution in [0.2, 0.25) is 0 Å². The van der Waals surface area contributed by atoms with Gasteiger partial charge in [0.25, 0.3) is 0 Å². The average molecular weight is 602 g/mol. The highest BCUT2D eigenvalue weighted by molar-refractivity contribution is 5.74. The summed E-state index contributed by atoms with van der Waals surface area (Å²) in [4.78, 5) is 35.5. The van der Waals surface area contributed by atoms with Crippen molar-refractivity contribution in [2.24, 2.45) is 0 Å². The van der Waals surface area contributed by atoms with Gasteiger partial charge in [0.05, 0.1) is 19.3 Å². The van der Waals surface area contributed by atoms with Crippen molar-refractivity contribution in [3.63, 3.8) is 0 Å². The predicted octanol–water partition coefficient (Wildman–Crippen LogP) is -6.20. The summed E-state index contributed by atoms with van der Waals surface area (Å²) in [6.45, 7) is 1.50. The van der Waals surface area contributed by atoms with Crippen molar-refractivity contribution in [1.82, 2.24) is 5.32 Å². The molecule has 3 heterocycles. The fourth-order valence-corrected chi connectivity index (χ4v) is 4.65. The van der Waals surface area contributed by atoms with Gasteiger partial charge in [0, 0.05) is 6.92 Å². The Morgan fingerprint density at radius 1 is 0.707 bits per heavy atom. The van der Waals surface area contributed by atoms with Crippen LogP contribution in [0.5, 0.6) is 0 Å². The molecule has 0 radical (unpaired) electrons. The van der Waals surface area contributed by atoms with E-state index in [-0.39, 0.29) is 6.61 Å². The molecule has 0 bridgehead atoms. The molecule has 236 valence electrons. The standard InChI is InChI=1S/C22H35NO18/c1-5-8(26)14(38-22-12(30)9(27)10(28)16(40-22)18(32)33)7(23-6(2)25)20(37-5)39-15-11(29)13(31)21(36-4-3-24)41-17(15)19(34)35/h5,7-17,20-22,24,26-31H,3-4H2,1-2H3,(H,23,25)(H,32,33)(H,34,35). The zero-order valence-corrected chi connectivity index (χ0v) is 21.8. The summed E-state index contributed by atoms with van der Waals surface area (Å²) >= 11 is 0. The maximum atomic E-state index is 12.1. The van der Waals surface area contributed by atoms with Gasteiger partial charge in [0.15, 0.2) is 31.1 Å². The number of aliphatic hydroxyl groups excluding tert-OH is 7. The minimum atomic E-state index is -2.05. The third-order valence-corrected chi connectivity index (χ3v) is 6.74. The Bertz CT molecular complexity index is 923. The van der Waals surface area contributed by atoms with Crippen LogP contribution in [0.15, 0.2) is 0 Å². The number of nitrogens with one attached hydrogen (secondary N) is 1. The molecule has 0 saturated carbocycles. The van der Waals surface area contributed by atoms with E-state index in [0.717, 1.165) is 6.92 Å². The Labute approximate surface area is 231 Å². The van der Waals surface area contributed by atoms with Gasteiger partial charge in [-0.2, -0.15) is 0 Å². The molecule has 1 amide bonds. The molecule has 10 N–H and O–H groups in total. The number of hydrogen-bond acceptors (Lipinski definition) is 16. The van der Waals surface area contributed by atoms with Crippen molar-refractivity contribution >= 4 is 17.8 Å². The molecule has 3 rings (SSSR count). The maximum absolute atomic E-state index is 12.1. The number of carboxylic acid groups (broad SMARTS) is 2. The number of rotatable bonds is 10. The lowest BCUT2D eigenvalue weighted by molar-refractivity contribution is -0.357. The molecule has 3 aliphatic heterocycles. The van der Waals surface area contributed by atoms with Crippen LogP contribution < -0.4 is 5.32 Å². The lowest BCUT2D eigenvalue weighted by Crippen LogP contribution is -2.69. The molecule has 0 aromatic carbocycles. The highest BCUT2D eigenvalue weighted by Gasteiger charge is 2.55. The second-order valence-corrected chi connectivity index (χ2v) is 9.70. The van der Waals surface area contributed by atoms with Crippen LogP contribution in [0.1, 0.15) is 13.8 Å². The summed E-state index contributed by atoms with van der Waals surface area (Å²) in [5, 5.41) is 92.7. The highest BCUT2D eigenvalue weighted by atomic mass is 16.7. The lowest BCUT2D eigenvalue weighted by Gasteiger charge is -2.48. The van der Waals surface area contributed by atoms with Gasteiger partial charge in [-0.25, -0.2) is 9.59 Å². The second-order valence-electron chi connectivity index (χ2n) is 9.70. The minimum absolute atomic E-state index is 0.360. The molecule has 0 aromatic rings. The van der Waals surface area contributed by atoms with Crippen molar-refractivity contribution in [3.05, 3.63) is 0 Å². The Kier molecular flexibility index (Phi) is 11.3. The molecule has 19 nitrogen and oxygen atoms in total. The second kappa shape index (κ2) is 13.9. The Balaban J connectivity index is 1.89. The average Bonchev–Trinajstić information content (AvgIpc) is 2.90. The number of carbonyl (C=O) groups is 3. The number of carboxylic acids is 2. The molecular weight excluding hydrogens is 566 g/mol. The summed E-state index contributed by atoms with van der Waals surface area (Å²) in [5.74, 6) is -4.11. The Morgan fingerprint density at radius 3 is 1.83 bits per heavy atom. The number of amides is 1. The van der Waals surface area contributed by atoms with Crippen molar-refractivity contribution in [2.45, 2.75) is 106 Å². The summed E-state index contributed by atoms with van der Waals surface area (Å²) in [6.07, 6.45) is -25.7. The van der Waals surface area contributed by atoms with Gasteiger partial charge >= 0.3 is 11.9 Å². The monoisotopic (exact) mass is 601 g/mol. The van der Waals surface area contributed by atoms with Crippen LogP contribution in [0.25, 0.3) is 0 Å². The summed E-state index contributed by atoms with van der Waals surface area (Å²) in [5.41, 5.74) is 0. The minimum Gasteiger partial charge on any atom is -0.479 e. The fraction of sp³-hybridized carbons (Fsp3) is 0.864. The normalized spacial score (nSPS) is 45.1. The molecular formula is C22H35NO18. The first-order valence-corrected chi connectivity index (χ1v) is 12.5. The van der Waals surface area contributed by atoms with Crippen LogP contribution >= 0.6 is 0 Å². The molecule has 0 aromatic heterocycles. The van der Waals surface area contributed by atoms with E-state index >= 15 is 0 Å². The molecule has 0 aliphatic carbocycles. The van der Waals surface area contributed by atoms with E-state index in [9.17, 15) is 55.2 Å². The molecule has 0 spiro atoms. The van der Waals surface area contributed by atoms with Crippen molar-refractivity contribution in [2.75, 3.05) is 13.2 Å². The molecule has 3 saturated heterocycles. The predicted molar refractivity (Wildman–Crippen MR) is 123 cm³/mol. The Morgan fingerprint density at radius 2 is 1.27 bits per heavy atom. The number of carbonyl (C=O) groups excluding carboxylic acids is 1. The van der Waals surface area contributed by atoms with Gasteiger partial charge in [-0.05, 0) is 6.92 Å². The zero-order valence-electron chi connectivity index (χ0n) is 21.8. The molecule has 3 aliphatic rings. The van der Waals surface area contributed by atoms with Crippen LogP contribution in [0, 0.1) is 0 Å². The first-order valence-electron chi connectivity index (χ1n) is 12.5. The highest BCUT2D eigenvalue weighted by Crippen LogP contribution is 2.33. The number of aliphatic carboxylic acids is 2. The topological polar surface area (TPSA) is 301 Å².